The second-order valence-electron chi connectivity index (χ2n) is 7.03. The number of anilines is 2. The van der Waals surface area contributed by atoms with Gasteiger partial charge < -0.3 is 10.2 Å². The first-order valence-electron chi connectivity index (χ1n) is 9.10. The normalized spacial score (nSPS) is 15.5. The van der Waals surface area contributed by atoms with Crippen LogP contribution in [0.5, 0.6) is 0 Å². The summed E-state index contributed by atoms with van der Waals surface area (Å²) in [5.74, 6) is 0.445. The van der Waals surface area contributed by atoms with E-state index in [4.69, 9.17) is 0 Å². The molecule has 0 radical (unpaired) electrons. The van der Waals surface area contributed by atoms with Crippen LogP contribution in [-0.2, 0) is 11.0 Å². The van der Waals surface area contributed by atoms with Gasteiger partial charge in [0, 0.05) is 38.1 Å². The number of piperazine rings is 1. The van der Waals surface area contributed by atoms with E-state index in [-0.39, 0.29) is 12.5 Å². The third kappa shape index (κ3) is 5.01. The lowest BCUT2D eigenvalue weighted by Crippen LogP contribution is -2.49. The maximum absolute atomic E-state index is 12.6. The Kier molecular flexibility index (Phi) is 5.88. The van der Waals surface area contributed by atoms with Crippen LogP contribution < -0.4 is 10.2 Å². The Bertz CT molecular complexity index is 828. The van der Waals surface area contributed by atoms with Gasteiger partial charge in [-0.3, -0.25) is 9.69 Å². The number of carbonyl (C=O) groups excluding carboxylic acids is 1. The average Bonchev–Trinajstić information content (AvgIpc) is 2.64. The number of nitrogens with zero attached hydrogens (tertiary/aromatic N) is 3. The lowest BCUT2D eigenvalue weighted by atomic mass is 10.1. The van der Waals surface area contributed by atoms with E-state index in [9.17, 15) is 18.0 Å². The quantitative estimate of drug-likeness (QED) is 0.866. The first-order valence-corrected chi connectivity index (χ1v) is 9.10. The molecular weight excluding hydrogens is 369 g/mol. The number of alkyl halides is 3. The van der Waals surface area contributed by atoms with Gasteiger partial charge in [0.1, 0.15) is 5.82 Å². The molecule has 0 spiro atoms. The number of pyridine rings is 1. The molecule has 8 heteroatoms. The van der Waals surface area contributed by atoms with E-state index in [1.165, 1.54) is 6.07 Å². The maximum Gasteiger partial charge on any atom is 0.417 e. The molecule has 0 saturated carbocycles. The molecule has 1 aliphatic heterocycles. The van der Waals surface area contributed by atoms with Crippen LogP contribution in [0.25, 0.3) is 0 Å². The SMILES string of the molecule is Cc1ccc(NC(=O)CN2CCN(c3ccc(C(F)(F)F)cn3)CC2)c(C)c1. The summed E-state index contributed by atoms with van der Waals surface area (Å²) >= 11 is 0. The van der Waals surface area contributed by atoms with Crippen molar-refractivity contribution in [2.24, 2.45) is 0 Å². The van der Waals surface area contributed by atoms with Crippen LogP contribution >= 0.6 is 0 Å². The van der Waals surface area contributed by atoms with E-state index in [0.29, 0.717) is 32.0 Å². The Morgan fingerprint density at radius 2 is 1.82 bits per heavy atom. The highest BCUT2D eigenvalue weighted by Gasteiger charge is 2.31. The molecule has 0 bridgehead atoms. The Morgan fingerprint density at radius 3 is 2.39 bits per heavy atom. The van der Waals surface area contributed by atoms with Gasteiger partial charge in [-0.05, 0) is 37.6 Å². The van der Waals surface area contributed by atoms with Crippen molar-refractivity contribution in [2.45, 2.75) is 20.0 Å². The Labute approximate surface area is 162 Å². The van der Waals surface area contributed by atoms with Gasteiger partial charge in [-0.1, -0.05) is 17.7 Å². The fraction of sp³-hybridized carbons (Fsp3) is 0.400. The van der Waals surface area contributed by atoms with Crippen LogP contribution in [0.2, 0.25) is 0 Å². The zero-order valence-electron chi connectivity index (χ0n) is 15.9. The second kappa shape index (κ2) is 8.18. The molecule has 0 atom stereocenters. The number of nitrogens with one attached hydrogen (secondary N) is 1. The van der Waals surface area contributed by atoms with Crippen LogP contribution in [0.3, 0.4) is 0 Å². The van der Waals surface area contributed by atoms with E-state index >= 15 is 0 Å². The maximum atomic E-state index is 12.6. The number of aromatic nitrogens is 1. The molecular formula is C20H23F3N4O. The van der Waals surface area contributed by atoms with Gasteiger partial charge in [0.2, 0.25) is 5.91 Å². The second-order valence-corrected chi connectivity index (χ2v) is 7.03. The molecule has 1 N–H and O–H groups in total. The molecule has 2 heterocycles. The summed E-state index contributed by atoms with van der Waals surface area (Å²) in [6.45, 7) is 6.74. The Balaban J connectivity index is 1.50. The van der Waals surface area contributed by atoms with E-state index in [0.717, 1.165) is 29.1 Å². The molecule has 28 heavy (non-hydrogen) atoms. The molecule has 1 amide bonds. The van der Waals surface area contributed by atoms with Crippen molar-refractivity contribution in [1.82, 2.24) is 9.88 Å². The molecule has 0 aliphatic carbocycles. The van der Waals surface area contributed by atoms with Crippen molar-refractivity contribution in [2.75, 3.05) is 42.9 Å². The first kappa shape index (κ1) is 20.1. The third-order valence-electron chi connectivity index (χ3n) is 4.79. The standard InChI is InChI=1S/C20H23F3N4O/c1-14-3-5-17(15(2)11-14)25-19(28)13-26-7-9-27(10-8-26)18-6-4-16(12-24-18)20(21,22)23/h3-6,11-12H,7-10,13H2,1-2H3,(H,25,28). The molecule has 2 aromatic rings. The minimum absolute atomic E-state index is 0.0759. The number of amides is 1. The number of hydrogen-bond donors (Lipinski definition) is 1. The summed E-state index contributed by atoms with van der Waals surface area (Å²) in [5, 5.41) is 2.93. The van der Waals surface area contributed by atoms with Crippen molar-refractivity contribution < 1.29 is 18.0 Å². The van der Waals surface area contributed by atoms with Gasteiger partial charge in [0.25, 0.3) is 0 Å². The highest BCUT2D eigenvalue weighted by Crippen LogP contribution is 2.29. The van der Waals surface area contributed by atoms with Crippen molar-refractivity contribution in [1.29, 1.82) is 0 Å². The molecule has 1 fully saturated rings. The summed E-state index contributed by atoms with van der Waals surface area (Å²) in [6, 6.07) is 8.32. The number of rotatable bonds is 4. The van der Waals surface area contributed by atoms with Crippen molar-refractivity contribution >= 4 is 17.4 Å². The van der Waals surface area contributed by atoms with E-state index in [2.05, 4.69) is 10.3 Å². The molecule has 150 valence electrons. The number of benzene rings is 1. The van der Waals surface area contributed by atoms with Gasteiger partial charge in [-0.2, -0.15) is 13.2 Å². The predicted molar refractivity (Wildman–Crippen MR) is 102 cm³/mol. The highest BCUT2D eigenvalue weighted by atomic mass is 19.4. The van der Waals surface area contributed by atoms with Gasteiger partial charge in [0.15, 0.2) is 0 Å². The van der Waals surface area contributed by atoms with Crippen LogP contribution in [0.1, 0.15) is 16.7 Å². The van der Waals surface area contributed by atoms with Crippen LogP contribution in [0.15, 0.2) is 36.5 Å². The van der Waals surface area contributed by atoms with Crippen molar-refractivity contribution in [3.8, 4) is 0 Å². The van der Waals surface area contributed by atoms with Gasteiger partial charge in [-0.15, -0.1) is 0 Å². The Hall–Kier alpha value is -2.61. The van der Waals surface area contributed by atoms with Crippen LogP contribution in [-0.4, -0.2) is 48.5 Å². The fourth-order valence-electron chi connectivity index (χ4n) is 3.22. The molecule has 5 nitrogen and oxygen atoms in total. The number of carbonyl (C=O) groups is 1. The van der Waals surface area contributed by atoms with Gasteiger partial charge in [0.05, 0.1) is 12.1 Å². The van der Waals surface area contributed by atoms with Crippen molar-refractivity contribution in [3.05, 3.63) is 53.2 Å². The Morgan fingerprint density at radius 1 is 1.11 bits per heavy atom. The largest absolute Gasteiger partial charge is 0.417 e. The molecule has 1 aliphatic rings. The highest BCUT2D eigenvalue weighted by molar-refractivity contribution is 5.93. The number of hydrogen-bond acceptors (Lipinski definition) is 4. The summed E-state index contributed by atoms with van der Waals surface area (Å²) < 4.78 is 37.9. The number of halogens is 3. The lowest BCUT2D eigenvalue weighted by molar-refractivity contribution is -0.137. The molecule has 1 saturated heterocycles. The summed E-state index contributed by atoms with van der Waals surface area (Å²) in [4.78, 5) is 20.2. The van der Waals surface area contributed by atoms with E-state index in [1.54, 1.807) is 0 Å². The first-order chi connectivity index (χ1) is 13.2. The minimum atomic E-state index is -4.38. The fourth-order valence-corrected chi connectivity index (χ4v) is 3.22. The molecule has 1 aromatic heterocycles. The molecule has 0 unspecified atom stereocenters. The topological polar surface area (TPSA) is 48.5 Å². The molecule has 3 rings (SSSR count). The summed E-state index contributed by atoms with van der Waals surface area (Å²) in [6.07, 6.45) is -3.52. The summed E-state index contributed by atoms with van der Waals surface area (Å²) in [5.41, 5.74) is 2.22. The van der Waals surface area contributed by atoms with Crippen LogP contribution in [0.4, 0.5) is 24.7 Å². The van der Waals surface area contributed by atoms with E-state index in [1.807, 2.05) is 41.8 Å². The minimum Gasteiger partial charge on any atom is -0.354 e. The smallest absolute Gasteiger partial charge is 0.354 e. The average molecular weight is 392 g/mol. The summed E-state index contributed by atoms with van der Waals surface area (Å²) in [7, 11) is 0. The van der Waals surface area contributed by atoms with Gasteiger partial charge >= 0.3 is 6.18 Å². The molecule has 1 aromatic carbocycles. The predicted octanol–water partition coefficient (Wildman–Crippen LogP) is 3.48. The third-order valence-corrected chi connectivity index (χ3v) is 4.79. The van der Waals surface area contributed by atoms with Gasteiger partial charge in [-0.25, -0.2) is 4.98 Å². The van der Waals surface area contributed by atoms with Crippen LogP contribution in [0, 0.1) is 13.8 Å². The zero-order chi connectivity index (χ0) is 20.3. The zero-order valence-corrected chi connectivity index (χ0v) is 15.9. The monoisotopic (exact) mass is 392 g/mol. The van der Waals surface area contributed by atoms with Crippen molar-refractivity contribution in [3.63, 3.8) is 0 Å². The number of aryl methyl sites for hydroxylation is 2. The lowest BCUT2D eigenvalue weighted by Gasteiger charge is -2.35. The van der Waals surface area contributed by atoms with E-state index < -0.39 is 11.7 Å².